The minimum Gasteiger partial charge on any atom is -0.508 e. The van der Waals surface area contributed by atoms with Gasteiger partial charge in [-0.1, -0.05) is 39.3 Å². The maximum absolute atomic E-state index is 10.9. The summed E-state index contributed by atoms with van der Waals surface area (Å²) >= 11 is 10.9. The lowest BCUT2D eigenvalue weighted by Crippen LogP contribution is -2.37. The van der Waals surface area contributed by atoms with E-state index in [4.69, 9.17) is 28.3 Å². The zero-order valence-corrected chi connectivity index (χ0v) is 21.1. The Morgan fingerprint density at radius 1 is 1.23 bits per heavy atom. The normalized spacial score (nSPS) is 20.1. The molecule has 2 N–H and O–H groups in total. The highest BCUT2D eigenvalue weighted by molar-refractivity contribution is 6.30. The lowest BCUT2D eigenvalue weighted by Gasteiger charge is -2.28. The molecule has 5 nitrogen and oxygen atoms in total. The number of nitrogens with one attached hydrogen (secondary N) is 1. The highest BCUT2D eigenvalue weighted by atomic mass is 35.5. The summed E-state index contributed by atoms with van der Waals surface area (Å²) in [7, 11) is 2.13. The number of carbonyl (C=O) groups is 2. The maximum Gasteiger partial charge on any atom is 0.234 e. The molecule has 1 aromatic rings. The van der Waals surface area contributed by atoms with Crippen molar-refractivity contribution in [3.63, 3.8) is 0 Å². The van der Waals surface area contributed by atoms with Crippen molar-refractivity contribution in [1.82, 2.24) is 10.2 Å². The molecule has 0 spiro atoms. The molecule has 0 bridgehead atoms. The number of piperidine rings is 1. The van der Waals surface area contributed by atoms with E-state index in [-0.39, 0.29) is 17.5 Å². The van der Waals surface area contributed by atoms with Crippen LogP contribution in [0.2, 0.25) is 5.02 Å². The third-order valence-corrected chi connectivity index (χ3v) is 5.79. The third-order valence-electron chi connectivity index (χ3n) is 5.30. The van der Waals surface area contributed by atoms with E-state index >= 15 is 0 Å². The van der Waals surface area contributed by atoms with E-state index in [1.54, 1.807) is 24.3 Å². The fourth-order valence-corrected chi connectivity index (χ4v) is 3.39. The molecule has 31 heavy (non-hydrogen) atoms. The van der Waals surface area contributed by atoms with Gasteiger partial charge in [-0.25, -0.2) is 0 Å². The average Bonchev–Trinajstić information content (AvgIpc) is 3.58. The van der Waals surface area contributed by atoms with Crippen LogP contribution in [-0.4, -0.2) is 54.8 Å². The molecule has 1 aromatic carbocycles. The molecule has 2 atom stereocenters. The molecule has 3 rings (SSSR count). The summed E-state index contributed by atoms with van der Waals surface area (Å²) < 4.78 is 0. The smallest absolute Gasteiger partial charge is 0.234 e. The summed E-state index contributed by atoms with van der Waals surface area (Å²) in [6.45, 7) is 11.4. The Labute approximate surface area is 198 Å². The summed E-state index contributed by atoms with van der Waals surface area (Å²) in [5.74, 6) is 2.75. The van der Waals surface area contributed by atoms with Crippen LogP contribution in [0.25, 0.3) is 0 Å². The summed E-state index contributed by atoms with van der Waals surface area (Å²) in [6, 6.07) is 6.36. The number of likely N-dealkylation sites (tertiary alicyclic amines) is 1. The molecule has 2 unspecified atom stereocenters. The standard InChI is InChI=1S/C9H17ClN2O.C7H12O.C6H5ClO.C2H6/c1-12-4-2-8(3-5-12)7-11-9(13)6-10;1-5(2)7-3-6(7)4-8;7-5-1-3-6(8)4-2-5;1-2/h8H,2-7H2,1H3,(H,11,13);4-7H,3H2,1-2H3;1-4,8H;1-2H3. The van der Waals surface area contributed by atoms with Gasteiger partial charge in [0.15, 0.2) is 0 Å². The Hall–Kier alpha value is -1.30. The number of aromatic hydroxyl groups is 1. The first-order valence-electron chi connectivity index (χ1n) is 11.2. The van der Waals surface area contributed by atoms with Gasteiger partial charge in [-0.15, -0.1) is 11.6 Å². The number of amides is 1. The SMILES string of the molecule is CC.CC(C)C1CC1C=O.CN1CCC(CNC(=O)CCl)CC1.Oc1ccc(Cl)cc1. The first kappa shape index (κ1) is 29.7. The molecule has 0 aromatic heterocycles. The van der Waals surface area contributed by atoms with Gasteiger partial charge in [0.2, 0.25) is 5.91 Å². The summed E-state index contributed by atoms with van der Waals surface area (Å²) in [4.78, 5) is 23.3. The van der Waals surface area contributed by atoms with Crippen molar-refractivity contribution >= 4 is 35.4 Å². The number of phenolic OH excluding ortho intramolecular Hbond substituents is 1. The fraction of sp³-hybridized carbons (Fsp3) is 0.667. The van der Waals surface area contributed by atoms with Crippen LogP contribution in [0.5, 0.6) is 5.75 Å². The van der Waals surface area contributed by atoms with Crippen LogP contribution in [0, 0.1) is 23.7 Å². The molecular formula is C24H40Cl2N2O3. The van der Waals surface area contributed by atoms with E-state index in [2.05, 4.69) is 31.1 Å². The second-order valence-electron chi connectivity index (χ2n) is 8.10. The minimum absolute atomic E-state index is 0.0550. The summed E-state index contributed by atoms with van der Waals surface area (Å²) in [6.07, 6.45) is 4.59. The Bertz CT molecular complexity index is 582. The van der Waals surface area contributed by atoms with Crippen LogP contribution >= 0.6 is 23.2 Å². The summed E-state index contributed by atoms with van der Waals surface area (Å²) in [5.41, 5.74) is 0. The lowest BCUT2D eigenvalue weighted by atomic mass is 9.97. The fourth-order valence-electron chi connectivity index (χ4n) is 3.17. The molecule has 1 aliphatic heterocycles. The van der Waals surface area contributed by atoms with Gasteiger partial charge in [0.1, 0.15) is 17.9 Å². The molecule has 2 aliphatic rings. The van der Waals surface area contributed by atoms with Gasteiger partial charge < -0.3 is 20.1 Å². The van der Waals surface area contributed by atoms with Gasteiger partial charge >= 0.3 is 0 Å². The predicted octanol–water partition coefficient (Wildman–Crippen LogP) is 5.23. The highest BCUT2D eigenvalue weighted by Crippen LogP contribution is 2.42. The van der Waals surface area contributed by atoms with Gasteiger partial charge in [-0.05, 0) is 81.4 Å². The molecule has 1 saturated heterocycles. The van der Waals surface area contributed by atoms with Gasteiger partial charge in [-0.3, -0.25) is 4.79 Å². The number of alkyl halides is 1. The Morgan fingerprint density at radius 2 is 1.77 bits per heavy atom. The van der Waals surface area contributed by atoms with Crippen molar-refractivity contribution < 1.29 is 14.7 Å². The van der Waals surface area contributed by atoms with Crippen LogP contribution in [0.1, 0.15) is 47.0 Å². The van der Waals surface area contributed by atoms with Crippen LogP contribution in [0.3, 0.4) is 0 Å². The molecule has 1 saturated carbocycles. The first-order valence-corrected chi connectivity index (χ1v) is 12.1. The molecule has 1 amide bonds. The first-order chi connectivity index (χ1) is 14.8. The van der Waals surface area contributed by atoms with Crippen LogP contribution in [0.4, 0.5) is 0 Å². The molecule has 1 heterocycles. The van der Waals surface area contributed by atoms with Crippen molar-refractivity contribution in [1.29, 1.82) is 0 Å². The number of halogens is 2. The minimum atomic E-state index is -0.0550. The number of benzene rings is 1. The van der Waals surface area contributed by atoms with Crippen molar-refractivity contribution in [2.75, 3.05) is 32.6 Å². The number of phenols is 1. The lowest BCUT2D eigenvalue weighted by molar-refractivity contribution is -0.119. The van der Waals surface area contributed by atoms with E-state index < -0.39 is 0 Å². The van der Waals surface area contributed by atoms with E-state index in [9.17, 15) is 9.59 Å². The van der Waals surface area contributed by atoms with Gasteiger partial charge in [0.25, 0.3) is 0 Å². The number of hydrogen-bond donors (Lipinski definition) is 2. The van der Waals surface area contributed by atoms with E-state index in [0.29, 0.717) is 28.7 Å². The average molecular weight is 476 g/mol. The highest BCUT2D eigenvalue weighted by Gasteiger charge is 2.38. The molecule has 2 fully saturated rings. The quantitative estimate of drug-likeness (QED) is 0.452. The molecular weight excluding hydrogens is 435 g/mol. The number of rotatable bonds is 5. The number of nitrogens with zero attached hydrogens (tertiary/aromatic N) is 1. The van der Waals surface area contributed by atoms with Crippen LogP contribution in [-0.2, 0) is 9.59 Å². The van der Waals surface area contributed by atoms with E-state index in [1.165, 1.54) is 12.8 Å². The third kappa shape index (κ3) is 14.4. The van der Waals surface area contributed by atoms with Crippen molar-refractivity contribution in [3.8, 4) is 5.75 Å². The summed E-state index contributed by atoms with van der Waals surface area (Å²) in [5, 5.41) is 12.2. The van der Waals surface area contributed by atoms with Crippen LogP contribution in [0.15, 0.2) is 24.3 Å². The van der Waals surface area contributed by atoms with E-state index in [1.807, 2.05) is 13.8 Å². The van der Waals surface area contributed by atoms with Gasteiger partial charge in [0, 0.05) is 17.5 Å². The topological polar surface area (TPSA) is 69.6 Å². The zero-order valence-electron chi connectivity index (χ0n) is 19.6. The van der Waals surface area contributed by atoms with Crippen molar-refractivity contribution in [3.05, 3.63) is 29.3 Å². The second kappa shape index (κ2) is 17.3. The Kier molecular flexibility index (Phi) is 16.6. The van der Waals surface area contributed by atoms with E-state index in [0.717, 1.165) is 32.3 Å². The number of carbonyl (C=O) groups excluding carboxylic acids is 2. The van der Waals surface area contributed by atoms with Crippen LogP contribution < -0.4 is 5.32 Å². The Balaban J connectivity index is 0.000000436. The zero-order chi connectivity index (χ0) is 23.8. The van der Waals surface area contributed by atoms with Gasteiger partial charge in [-0.2, -0.15) is 0 Å². The predicted molar refractivity (Wildman–Crippen MR) is 131 cm³/mol. The number of aldehydes is 1. The van der Waals surface area contributed by atoms with Crippen molar-refractivity contribution in [2.45, 2.75) is 47.0 Å². The largest absolute Gasteiger partial charge is 0.508 e. The molecule has 7 heteroatoms. The number of hydrogen-bond acceptors (Lipinski definition) is 4. The monoisotopic (exact) mass is 474 g/mol. The molecule has 178 valence electrons. The maximum atomic E-state index is 10.9. The second-order valence-corrected chi connectivity index (χ2v) is 8.81. The molecule has 0 radical (unpaired) electrons. The molecule has 1 aliphatic carbocycles. The van der Waals surface area contributed by atoms with Gasteiger partial charge in [0.05, 0.1) is 0 Å². The Morgan fingerprint density at radius 3 is 2.13 bits per heavy atom. The van der Waals surface area contributed by atoms with Crippen molar-refractivity contribution in [2.24, 2.45) is 23.7 Å².